The average molecular weight is 123 g/mol. The smallest absolute Gasteiger partial charge is 0.128 e. The Labute approximate surface area is 47.1 Å². The lowest BCUT2D eigenvalue weighted by Crippen LogP contribution is -1.94. The van der Waals surface area contributed by atoms with Crippen LogP contribution >= 0.6 is 11.6 Å². The number of halogens is 1. The molecule has 7 heavy (non-hydrogen) atoms. The van der Waals surface area contributed by atoms with E-state index < -0.39 is 5.56 Å². The maximum Gasteiger partial charge on any atom is 0.128 e. The Hall–Kier alpha value is -0.0800. The van der Waals surface area contributed by atoms with Crippen LogP contribution in [0, 0.1) is 0 Å². The number of carbonyl (C=O) groups excluding carboxylic acids is 1. The highest BCUT2D eigenvalue weighted by Gasteiger charge is 1.93. The number of rotatable bonds is 3. The van der Waals surface area contributed by atoms with Crippen molar-refractivity contribution in [2.45, 2.75) is 18.4 Å². The van der Waals surface area contributed by atoms with Gasteiger partial charge >= 0.3 is 0 Å². The summed E-state index contributed by atoms with van der Waals surface area (Å²) in [7, 11) is 0. The summed E-state index contributed by atoms with van der Waals surface area (Å²) in [5, 5.41) is 8.29. The standard InChI is InChI=1S/C4H7ClO2/c5-4(7)2-1-3-6/h3-4,7H,1-2H2. The van der Waals surface area contributed by atoms with Crippen molar-refractivity contribution in [1.29, 1.82) is 0 Å². The van der Waals surface area contributed by atoms with Crippen molar-refractivity contribution < 1.29 is 9.90 Å². The first-order valence-corrected chi connectivity index (χ1v) is 2.47. The monoisotopic (exact) mass is 122 g/mol. The van der Waals surface area contributed by atoms with E-state index >= 15 is 0 Å². The fourth-order valence-electron chi connectivity index (χ4n) is 0.206. The van der Waals surface area contributed by atoms with E-state index in [0.29, 0.717) is 12.8 Å². The van der Waals surface area contributed by atoms with Crippen LogP contribution in [0.25, 0.3) is 0 Å². The summed E-state index contributed by atoms with van der Waals surface area (Å²) in [4.78, 5) is 9.54. The Morgan fingerprint density at radius 2 is 2.43 bits per heavy atom. The van der Waals surface area contributed by atoms with E-state index in [-0.39, 0.29) is 0 Å². The molecule has 1 N–H and O–H groups in total. The van der Waals surface area contributed by atoms with E-state index in [0.717, 1.165) is 6.29 Å². The quantitative estimate of drug-likeness (QED) is 0.438. The third kappa shape index (κ3) is 5.92. The van der Waals surface area contributed by atoms with Crippen molar-refractivity contribution in [3.8, 4) is 0 Å². The molecule has 0 radical (unpaired) electrons. The molecule has 0 aliphatic rings. The summed E-state index contributed by atoms with van der Waals surface area (Å²) in [6.45, 7) is 0. The zero-order valence-electron chi connectivity index (χ0n) is 3.80. The second-order valence-corrected chi connectivity index (χ2v) is 1.68. The Bertz CT molecular complexity index is 53.7. The molecular weight excluding hydrogens is 115 g/mol. The van der Waals surface area contributed by atoms with E-state index in [4.69, 9.17) is 16.7 Å². The normalized spacial score (nSPS) is 13.4. The maximum atomic E-state index is 9.54. The number of alkyl halides is 1. The zero-order valence-corrected chi connectivity index (χ0v) is 4.56. The SMILES string of the molecule is O=CCCC(O)Cl. The summed E-state index contributed by atoms with van der Waals surface area (Å²) < 4.78 is 0. The summed E-state index contributed by atoms with van der Waals surface area (Å²) in [5.41, 5.74) is -0.856. The van der Waals surface area contributed by atoms with Crippen LogP contribution in [0.2, 0.25) is 0 Å². The zero-order chi connectivity index (χ0) is 5.70. The van der Waals surface area contributed by atoms with Crippen molar-refractivity contribution in [2.24, 2.45) is 0 Å². The molecule has 0 aromatic heterocycles. The van der Waals surface area contributed by atoms with Gasteiger partial charge in [-0.25, -0.2) is 0 Å². The summed E-state index contributed by atoms with van der Waals surface area (Å²) in [5.74, 6) is 0. The van der Waals surface area contributed by atoms with E-state index in [1.807, 2.05) is 0 Å². The van der Waals surface area contributed by atoms with Crippen LogP contribution in [0.1, 0.15) is 12.8 Å². The molecule has 0 bridgehead atoms. The highest BCUT2D eigenvalue weighted by molar-refractivity contribution is 6.19. The molecule has 0 spiro atoms. The average Bonchev–Trinajstić information content (AvgIpc) is 1.61. The van der Waals surface area contributed by atoms with Crippen LogP contribution in [-0.4, -0.2) is 17.0 Å². The van der Waals surface area contributed by atoms with Crippen molar-refractivity contribution in [1.82, 2.24) is 0 Å². The van der Waals surface area contributed by atoms with Gasteiger partial charge in [0.05, 0.1) is 0 Å². The largest absolute Gasteiger partial charge is 0.378 e. The summed E-state index contributed by atoms with van der Waals surface area (Å²) >= 11 is 5.05. The van der Waals surface area contributed by atoms with E-state index in [1.165, 1.54) is 0 Å². The molecule has 0 saturated heterocycles. The van der Waals surface area contributed by atoms with Crippen LogP contribution in [0.3, 0.4) is 0 Å². The lowest BCUT2D eigenvalue weighted by atomic mass is 10.3. The number of carbonyl (C=O) groups is 1. The van der Waals surface area contributed by atoms with Gasteiger partial charge in [0.15, 0.2) is 0 Å². The van der Waals surface area contributed by atoms with Crippen molar-refractivity contribution >= 4 is 17.9 Å². The third-order valence-corrected chi connectivity index (χ3v) is 0.741. The molecule has 3 heteroatoms. The molecule has 42 valence electrons. The molecular formula is C4H7ClO2. The molecule has 1 unspecified atom stereocenters. The Balaban J connectivity index is 2.81. The first kappa shape index (κ1) is 6.92. The highest BCUT2D eigenvalue weighted by atomic mass is 35.5. The number of aldehydes is 1. The molecule has 0 rings (SSSR count). The number of aliphatic hydroxyl groups is 1. The molecule has 0 saturated carbocycles. The van der Waals surface area contributed by atoms with Crippen LogP contribution in [0.4, 0.5) is 0 Å². The van der Waals surface area contributed by atoms with Gasteiger partial charge in [-0.3, -0.25) is 0 Å². The minimum Gasteiger partial charge on any atom is -0.378 e. The van der Waals surface area contributed by atoms with Crippen LogP contribution < -0.4 is 0 Å². The van der Waals surface area contributed by atoms with Crippen molar-refractivity contribution in [3.63, 3.8) is 0 Å². The minimum absolute atomic E-state index is 0.338. The third-order valence-electron chi connectivity index (χ3n) is 0.523. The highest BCUT2D eigenvalue weighted by Crippen LogP contribution is 1.97. The molecule has 0 heterocycles. The summed E-state index contributed by atoms with van der Waals surface area (Å²) in [6, 6.07) is 0. The molecule has 0 fully saturated rings. The van der Waals surface area contributed by atoms with E-state index in [9.17, 15) is 4.79 Å². The van der Waals surface area contributed by atoms with Gasteiger partial charge in [0.1, 0.15) is 11.8 Å². The van der Waals surface area contributed by atoms with Crippen molar-refractivity contribution in [3.05, 3.63) is 0 Å². The van der Waals surface area contributed by atoms with Gasteiger partial charge in [-0.1, -0.05) is 11.6 Å². The van der Waals surface area contributed by atoms with Gasteiger partial charge in [0.2, 0.25) is 0 Å². The molecule has 0 aromatic rings. The summed E-state index contributed by atoms with van der Waals surface area (Å²) in [6.07, 6.45) is 1.42. The number of aliphatic hydroxyl groups excluding tert-OH is 1. The Morgan fingerprint density at radius 1 is 1.86 bits per heavy atom. The molecule has 0 aromatic carbocycles. The van der Waals surface area contributed by atoms with Gasteiger partial charge in [-0.2, -0.15) is 0 Å². The van der Waals surface area contributed by atoms with Gasteiger partial charge in [-0.05, 0) is 6.42 Å². The van der Waals surface area contributed by atoms with E-state index in [1.54, 1.807) is 0 Å². The first-order valence-electron chi connectivity index (χ1n) is 2.03. The van der Waals surface area contributed by atoms with Crippen LogP contribution in [0.15, 0.2) is 0 Å². The Kier molecular flexibility index (Phi) is 4.04. The predicted octanol–water partition coefficient (Wildman–Crippen LogP) is 0.523. The number of hydrogen-bond donors (Lipinski definition) is 1. The second kappa shape index (κ2) is 4.09. The maximum absolute atomic E-state index is 9.54. The van der Waals surface area contributed by atoms with Gasteiger partial charge in [0, 0.05) is 6.42 Å². The fourth-order valence-corrected chi connectivity index (χ4v) is 0.332. The molecule has 1 atom stereocenters. The molecule has 2 nitrogen and oxygen atoms in total. The molecule has 0 amide bonds. The van der Waals surface area contributed by atoms with Gasteiger partial charge in [0.25, 0.3) is 0 Å². The lowest BCUT2D eigenvalue weighted by molar-refractivity contribution is -0.108. The number of hydrogen-bond acceptors (Lipinski definition) is 2. The fraction of sp³-hybridized carbons (Fsp3) is 0.750. The van der Waals surface area contributed by atoms with E-state index in [2.05, 4.69) is 0 Å². The second-order valence-electron chi connectivity index (χ2n) is 1.18. The van der Waals surface area contributed by atoms with Crippen LogP contribution in [-0.2, 0) is 4.79 Å². The topological polar surface area (TPSA) is 37.3 Å². The molecule has 0 aliphatic heterocycles. The molecule has 0 aliphatic carbocycles. The van der Waals surface area contributed by atoms with Gasteiger partial charge in [-0.15, -0.1) is 0 Å². The first-order chi connectivity index (χ1) is 3.27. The minimum atomic E-state index is -0.856. The van der Waals surface area contributed by atoms with Crippen LogP contribution in [0.5, 0.6) is 0 Å². The Morgan fingerprint density at radius 3 is 2.57 bits per heavy atom. The van der Waals surface area contributed by atoms with Gasteiger partial charge < -0.3 is 9.90 Å². The lowest BCUT2D eigenvalue weighted by Gasteiger charge is -1.92. The predicted molar refractivity (Wildman–Crippen MR) is 27.2 cm³/mol. The van der Waals surface area contributed by atoms with Crippen molar-refractivity contribution in [2.75, 3.05) is 0 Å².